The van der Waals surface area contributed by atoms with E-state index in [1.165, 1.54) is 16.9 Å². The highest BCUT2D eigenvalue weighted by atomic mass is 32.1. The molecule has 0 aliphatic carbocycles. The van der Waals surface area contributed by atoms with Gasteiger partial charge in [-0.15, -0.1) is 11.3 Å². The number of rotatable bonds is 10. The minimum absolute atomic E-state index is 0.117. The molecule has 0 spiro atoms. The third kappa shape index (κ3) is 6.70. The molecular formula is C20H28N4O3S. The fourth-order valence-corrected chi connectivity index (χ4v) is 3.18. The summed E-state index contributed by atoms with van der Waals surface area (Å²) < 4.78 is 4.95. The van der Waals surface area contributed by atoms with Crippen molar-refractivity contribution >= 4 is 28.3 Å². The van der Waals surface area contributed by atoms with E-state index in [2.05, 4.69) is 15.6 Å². The smallest absolute Gasteiger partial charge is 0.243 e. The Morgan fingerprint density at radius 3 is 2.68 bits per heavy atom. The van der Waals surface area contributed by atoms with Gasteiger partial charge in [-0.1, -0.05) is 29.8 Å². The van der Waals surface area contributed by atoms with E-state index in [4.69, 9.17) is 4.74 Å². The first kappa shape index (κ1) is 22.0. The van der Waals surface area contributed by atoms with E-state index >= 15 is 0 Å². The summed E-state index contributed by atoms with van der Waals surface area (Å²) in [6.45, 7) is 5.11. The maximum atomic E-state index is 12.5. The number of methoxy groups -OCH3 is 1. The van der Waals surface area contributed by atoms with Crippen LogP contribution in [0.1, 0.15) is 18.9 Å². The van der Waals surface area contributed by atoms with Crippen molar-refractivity contribution in [1.29, 1.82) is 0 Å². The summed E-state index contributed by atoms with van der Waals surface area (Å²) in [5.41, 5.74) is 3.03. The number of nitrogens with zero attached hydrogens (tertiary/aromatic N) is 2. The third-order valence-electron chi connectivity index (χ3n) is 4.36. The largest absolute Gasteiger partial charge is 0.385 e. The normalized spacial score (nSPS) is 12.0. The van der Waals surface area contributed by atoms with Gasteiger partial charge in [-0.05, 0) is 27.3 Å². The average molecular weight is 405 g/mol. The van der Waals surface area contributed by atoms with Crippen LogP contribution in [0.4, 0.5) is 5.13 Å². The predicted molar refractivity (Wildman–Crippen MR) is 113 cm³/mol. The molecule has 0 aliphatic heterocycles. The van der Waals surface area contributed by atoms with Crippen molar-refractivity contribution in [2.75, 3.05) is 39.2 Å². The van der Waals surface area contributed by atoms with Gasteiger partial charge in [0.05, 0.1) is 18.3 Å². The summed E-state index contributed by atoms with van der Waals surface area (Å²) in [6.07, 6.45) is 0.759. The molecule has 2 N–H and O–H groups in total. The fraction of sp³-hybridized carbons (Fsp3) is 0.450. The molecule has 152 valence electrons. The van der Waals surface area contributed by atoms with Gasteiger partial charge in [-0.25, -0.2) is 4.98 Å². The second kappa shape index (κ2) is 10.9. The van der Waals surface area contributed by atoms with Gasteiger partial charge in [-0.3, -0.25) is 14.5 Å². The number of benzene rings is 1. The lowest BCUT2D eigenvalue weighted by atomic mass is 10.1. The van der Waals surface area contributed by atoms with Crippen molar-refractivity contribution in [2.24, 2.45) is 0 Å². The Hall–Kier alpha value is -2.29. The van der Waals surface area contributed by atoms with Crippen LogP contribution >= 0.6 is 11.3 Å². The molecule has 2 amide bonds. The topological polar surface area (TPSA) is 83.6 Å². The van der Waals surface area contributed by atoms with E-state index in [1.807, 2.05) is 36.6 Å². The molecule has 1 heterocycles. The van der Waals surface area contributed by atoms with Gasteiger partial charge in [0.1, 0.15) is 0 Å². The van der Waals surface area contributed by atoms with Crippen LogP contribution in [0.3, 0.4) is 0 Å². The first-order valence-corrected chi connectivity index (χ1v) is 10.1. The van der Waals surface area contributed by atoms with Crippen molar-refractivity contribution in [1.82, 2.24) is 15.2 Å². The molecule has 0 aliphatic rings. The van der Waals surface area contributed by atoms with Crippen LogP contribution in [0.2, 0.25) is 0 Å². The number of anilines is 1. The van der Waals surface area contributed by atoms with E-state index in [0.717, 1.165) is 17.7 Å². The van der Waals surface area contributed by atoms with Gasteiger partial charge >= 0.3 is 0 Å². The summed E-state index contributed by atoms with van der Waals surface area (Å²) in [4.78, 5) is 30.6. The van der Waals surface area contributed by atoms with Gasteiger partial charge in [0.15, 0.2) is 5.13 Å². The molecule has 0 radical (unpaired) electrons. The number of aromatic nitrogens is 1. The fourth-order valence-electron chi connectivity index (χ4n) is 2.46. The number of likely N-dealkylation sites (N-methyl/N-ethyl adjacent to an activating group) is 1. The van der Waals surface area contributed by atoms with E-state index in [1.54, 1.807) is 26.0 Å². The molecule has 0 fully saturated rings. The van der Waals surface area contributed by atoms with Crippen LogP contribution in [0.25, 0.3) is 11.3 Å². The zero-order chi connectivity index (χ0) is 20.5. The summed E-state index contributed by atoms with van der Waals surface area (Å²) in [7, 11) is 3.38. The van der Waals surface area contributed by atoms with Crippen LogP contribution in [0.15, 0.2) is 29.6 Å². The van der Waals surface area contributed by atoms with Crippen LogP contribution in [-0.2, 0) is 14.3 Å². The van der Waals surface area contributed by atoms with E-state index < -0.39 is 6.04 Å². The van der Waals surface area contributed by atoms with Gasteiger partial charge in [0.25, 0.3) is 0 Å². The van der Waals surface area contributed by atoms with Crippen LogP contribution in [0, 0.1) is 6.92 Å². The molecule has 8 heteroatoms. The minimum atomic E-state index is -0.462. The quantitative estimate of drug-likeness (QED) is 0.595. The molecule has 1 aromatic carbocycles. The Bertz CT molecular complexity index is 776. The van der Waals surface area contributed by atoms with Gasteiger partial charge < -0.3 is 15.4 Å². The number of carbonyl (C=O) groups is 2. The molecule has 2 rings (SSSR count). The molecule has 7 nitrogen and oxygen atoms in total. The standard InChI is InChI=1S/C20H28N4O3S/c1-14-6-8-16(9-7-14)17-13-28-20(22-17)23-19(26)15(2)24(3)12-18(25)21-10-5-11-27-4/h6-9,13,15H,5,10-12H2,1-4H3,(H,21,25)(H,22,23,26). The lowest BCUT2D eigenvalue weighted by Crippen LogP contribution is -2.45. The maximum Gasteiger partial charge on any atom is 0.243 e. The SMILES string of the molecule is COCCCNC(=O)CN(C)C(C)C(=O)Nc1nc(-c2ccc(C)cc2)cs1. The lowest BCUT2D eigenvalue weighted by Gasteiger charge is -2.22. The second-order valence-corrected chi connectivity index (χ2v) is 7.54. The predicted octanol–water partition coefficient (Wildman–Crippen LogP) is 2.53. The monoisotopic (exact) mass is 404 g/mol. The summed E-state index contributed by atoms with van der Waals surface area (Å²) >= 11 is 1.38. The number of aryl methyl sites for hydroxylation is 1. The molecule has 0 saturated heterocycles. The summed E-state index contributed by atoms with van der Waals surface area (Å²) in [5.74, 6) is -0.311. The number of carbonyl (C=O) groups excluding carboxylic acids is 2. The molecule has 1 unspecified atom stereocenters. The molecule has 1 aromatic heterocycles. The maximum absolute atomic E-state index is 12.5. The summed E-state index contributed by atoms with van der Waals surface area (Å²) in [5, 5.41) is 8.12. The number of hydrogen-bond donors (Lipinski definition) is 2. The van der Waals surface area contributed by atoms with Gasteiger partial charge in [0.2, 0.25) is 11.8 Å². The van der Waals surface area contributed by atoms with E-state index in [9.17, 15) is 9.59 Å². The Balaban J connectivity index is 1.84. The Morgan fingerprint density at radius 1 is 1.29 bits per heavy atom. The molecule has 0 saturated carbocycles. The van der Waals surface area contributed by atoms with Crippen molar-refractivity contribution in [3.05, 3.63) is 35.2 Å². The van der Waals surface area contributed by atoms with Crippen LogP contribution < -0.4 is 10.6 Å². The average Bonchev–Trinajstić information content (AvgIpc) is 3.13. The number of ether oxygens (including phenoxy) is 1. The summed E-state index contributed by atoms with van der Waals surface area (Å²) in [6, 6.07) is 7.63. The number of thiazole rings is 1. The van der Waals surface area contributed by atoms with E-state index in [-0.39, 0.29) is 18.4 Å². The van der Waals surface area contributed by atoms with Crippen molar-refractivity contribution < 1.29 is 14.3 Å². The van der Waals surface area contributed by atoms with E-state index in [0.29, 0.717) is 18.3 Å². The van der Waals surface area contributed by atoms with Gasteiger partial charge in [-0.2, -0.15) is 0 Å². The molecular weight excluding hydrogens is 376 g/mol. The first-order chi connectivity index (χ1) is 13.4. The Labute approximate surface area is 170 Å². The van der Waals surface area contributed by atoms with Crippen molar-refractivity contribution in [2.45, 2.75) is 26.3 Å². The molecule has 0 bridgehead atoms. The Morgan fingerprint density at radius 2 is 2.00 bits per heavy atom. The zero-order valence-electron chi connectivity index (χ0n) is 16.8. The Kier molecular flexibility index (Phi) is 8.56. The highest BCUT2D eigenvalue weighted by Gasteiger charge is 2.21. The number of hydrogen-bond acceptors (Lipinski definition) is 6. The van der Waals surface area contributed by atoms with Crippen LogP contribution in [0.5, 0.6) is 0 Å². The van der Waals surface area contributed by atoms with Gasteiger partial charge in [0, 0.05) is 31.2 Å². The number of nitrogens with one attached hydrogen (secondary N) is 2. The lowest BCUT2D eigenvalue weighted by molar-refractivity contribution is -0.124. The third-order valence-corrected chi connectivity index (χ3v) is 5.12. The van der Waals surface area contributed by atoms with Crippen LogP contribution in [-0.4, -0.2) is 61.6 Å². The van der Waals surface area contributed by atoms with Crippen molar-refractivity contribution in [3.8, 4) is 11.3 Å². The highest BCUT2D eigenvalue weighted by molar-refractivity contribution is 7.14. The molecule has 2 aromatic rings. The van der Waals surface area contributed by atoms with Crippen molar-refractivity contribution in [3.63, 3.8) is 0 Å². The molecule has 1 atom stereocenters. The first-order valence-electron chi connectivity index (χ1n) is 9.20. The second-order valence-electron chi connectivity index (χ2n) is 6.68. The highest BCUT2D eigenvalue weighted by Crippen LogP contribution is 2.25. The zero-order valence-corrected chi connectivity index (χ0v) is 17.6. The molecule has 28 heavy (non-hydrogen) atoms. The minimum Gasteiger partial charge on any atom is -0.385 e. The number of amides is 2.